The fourth-order valence-electron chi connectivity index (χ4n) is 3.42. The highest BCUT2D eigenvalue weighted by molar-refractivity contribution is 5.59. The second kappa shape index (κ2) is 6.73. The molecule has 1 saturated heterocycles. The van der Waals surface area contributed by atoms with Gasteiger partial charge in [-0.3, -0.25) is 4.90 Å². The number of nitrogens with zero attached hydrogens (tertiary/aromatic N) is 7. The number of aromatic nitrogens is 5. The molecule has 3 aromatic rings. The molecule has 1 aliphatic rings. The topological polar surface area (TPSA) is 75.6 Å². The number of hydrogen-bond acceptors (Lipinski definition) is 7. The molecule has 8 nitrogen and oxygen atoms in total. The summed E-state index contributed by atoms with van der Waals surface area (Å²) in [6.07, 6.45) is -4.61. The molecule has 4 heterocycles. The predicted octanol–water partition coefficient (Wildman–Crippen LogP) is 2.38. The van der Waals surface area contributed by atoms with Gasteiger partial charge in [-0.05, 0) is 20.8 Å². The number of halogens is 3. The lowest BCUT2D eigenvalue weighted by molar-refractivity contribution is -0.146. The van der Waals surface area contributed by atoms with E-state index in [9.17, 15) is 13.2 Å². The maximum atomic E-state index is 13.2. The van der Waals surface area contributed by atoms with Crippen molar-refractivity contribution in [3.05, 3.63) is 34.5 Å². The maximum Gasteiger partial charge on any atom is 0.453 e. The molecule has 150 valence electrons. The van der Waals surface area contributed by atoms with E-state index in [-0.39, 0.29) is 5.65 Å². The van der Waals surface area contributed by atoms with Crippen molar-refractivity contribution in [2.75, 3.05) is 31.1 Å². The van der Waals surface area contributed by atoms with Crippen molar-refractivity contribution >= 4 is 11.5 Å². The average Bonchev–Trinajstić information content (AvgIpc) is 3.25. The van der Waals surface area contributed by atoms with Gasteiger partial charge in [0.05, 0.1) is 12.2 Å². The smallest absolute Gasteiger partial charge is 0.360 e. The van der Waals surface area contributed by atoms with Crippen LogP contribution >= 0.6 is 0 Å². The van der Waals surface area contributed by atoms with Crippen LogP contribution in [0.1, 0.15) is 28.4 Å². The second-order valence-corrected chi connectivity index (χ2v) is 7.03. The summed E-state index contributed by atoms with van der Waals surface area (Å²) in [5, 5.41) is 15.1. The second-order valence-electron chi connectivity index (χ2n) is 7.03. The van der Waals surface area contributed by atoms with Gasteiger partial charge >= 0.3 is 6.18 Å². The van der Waals surface area contributed by atoms with Crippen LogP contribution in [0.3, 0.4) is 0 Å². The van der Waals surface area contributed by atoms with Gasteiger partial charge < -0.3 is 9.42 Å². The minimum absolute atomic E-state index is 0.132. The molecule has 11 heteroatoms. The standard InChI is InChI=1S/C17H20F3N7O/c1-10-8-13(28-24-10)9-25-4-6-26(7-5-25)15-12(3)11(2)14-21-22-16(17(18,19)20)27(14)23-15/h8H,4-7,9H2,1-3H3. The summed E-state index contributed by atoms with van der Waals surface area (Å²) in [6, 6.07) is 1.90. The van der Waals surface area contributed by atoms with Crippen LogP contribution in [0.15, 0.2) is 10.6 Å². The molecule has 0 radical (unpaired) electrons. The number of piperazine rings is 1. The molecular weight excluding hydrogens is 375 g/mol. The van der Waals surface area contributed by atoms with Gasteiger partial charge in [0.1, 0.15) is 0 Å². The Bertz CT molecular complexity index is 1000. The highest BCUT2D eigenvalue weighted by Gasteiger charge is 2.38. The normalized spacial score (nSPS) is 16.3. The van der Waals surface area contributed by atoms with Crippen LogP contribution in [0.25, 0.3) is 5.65 Å². The van der Waals surface area contributed by atoms with Crippen molar-refractivity contribution in [1.82, 2.24) is 29.9 Å². The number of fused-ring (bicyclic) bond motifs is 1. The lowest BCUT2D eigenvalue weighted by Crippen LogP contribution is -2.46. The highest BCUT2D eigenvalue weighted by Crippen LogP contribution is 2.30. The minimum atomic E-state index is -4.61. The minimum Gasteiger partial charge on any atom is -0.360 e. The van der Waals surface area contributed by atoms with E-state index < -0.39 is 12.0 Å². The summed E-state index contributed by atoms with van der Waals surface area (Å²) in [4.78, 5) is 4.22. The third-order valence-corrected chi connectivity index (χ3v) is 5.05. The molecule has 28 heavy (non-hydrogen) atoms. The third kappa shape index (κ3) is 3.30. The van der Waals surface area contributed by atoms with E-state index in [0.29, 0.717) is 31.0 Å². The molecule has 3 aromatic heterocycles. The molecule has 1 aliphatic heterocycles. The fourth-order valence-corrected chi connectivity index (χ4v) is 3.42. The molecular formula is C17H20F3N7O. The number of alkyl halides is 3. The largest absolute Gasteiger partial charge is 0.453 e. The summed E-state index contributed by atoms with van der Waals surface area (Å²) in [5.41, 5.74) is 2.43. The molecule has 1 fully saturated rings. The summed E-state index contributed by atoms with van der Waals surface area (Å²) in [7, 11) is 0. The zero-order chi connectivity index (χ0) is 20.1. The van der Waals surface area contributed by atoms with Crippen LogP contribution in [0.2, 0.25) is 0 Å². The Morgan fingerprint density at radius 1 is 1.04 bits per heavy atom. The predicted molar refractivity (Wildman–Crippen MR) is 94.0 cm³/mol. The molecule has 0 atom stereocenters. The van der Waals surface area contributed by atoms with Crippen LogP contribution in [0.4, 0.5) is 19.0 Å². The van der Waals surface area contributed by atoms with Crippen LogP contribution in [-0.4, -0.2) is 56.0 Å². The molecule has 0 aliphatic carbocycles. The number of aryl methyl sites for hydroxylation is 2. The van der Waals surface area contributed by atoms with E-state index in [0.717, 1.165) is 34.6 Å². The van der Waals surface area contributed by atoms with Crippen LogP contribution in [0.5, 0.6) is 0 Å². The first-order valence-electron chi connectivity index (χ1n) is 8.93. The number of hydrogen-bond donors (Lipinski definition) is 0. The van der Waals surface area contributed by atoms with Crippen molar-refractivity contribution in [3.8, 4) is 0 Å². The Morgan fingerprint density at radius 3 is 2.36 bits per heavy atom. The van der Waals surface area contributed by atoms with Gasteiger partial charge in [0, 0.05) is 43.4 Å². The van der Waals surface area contributed by atoms with Gasteiger partial charge in [0.25, 0.3) is 5.82 Å². The summed E-state index contributed by atoms with van der Waals surface area (Å²) in [5.74, 6) is 0.230. The quantitative estimate of drug-likeness (QED) is 0.674. The molecule has 0 bridgehead atoms. The SMILES string of the molecule is Cc1cc(CN2CCN(c3nn4c(C(F)(F)F)nnc4c(C)c3C)CC2)on1. The zero-order valence-electron chi connectivity index (χ0n) is 15.8. The molecule has 0 saturated carbocycles. The Kier molecular flexibility index (Phi) is 4.48. The van der Waals surface area contributed by atoms with Gasteiger partial charge in [-0.2, -0.15) is 17.7 Å². The van der Waals surface area contributed by atoms with Crippen LogP contribution in [0, 0.1) is 20.8 Å². The Balaban J connectivity index is 1.57. The maximum absolute atomic E-state index is 13.2. The molecule has 0 N–H and O–H groups in total. The Morgan fingerprint density at radius 2 is 1.75 bits per heavy atom. The van der Waals surface area contributed by atoms with Gasteiger partial charge in [-0.25, -0.2) is 0 Å². The number of rotatable bonds is 3. The molecule has 0 aromatic carbocycles. The zero-order valence-corrected chi connectivity index (χ0v) is 15.8. The van der Waals surface area contributed by atoms with E-state index >= 15 is 0 Å². The molecule has 0 spiro atoms. The first-order chi connectivity index (χ1) is 13.2. The lowest BCUT2D eigenvalue weighted by Gasteiger charge is -2.35. The van der Waals surface area contributed by atoms with E-state index in [1.807, 2.05) is 24.8 Å². The highest BCUT2D eigenvalue weighted by atomic mass is 19.4. The summed E-state index contributed by atoms with van der Waals surface area (Å²) in [6.45, 7) is 8.90. The monoisotopic (exact) mass is 395 g/mol. The Hall–Kier alpha value is -2.69. The summed E-state index contributed by atoms with van der Waals surface area (Å²) < 4.78 is 45.7. The molecule has 4 rings (SSSR count). The van der Waals surface area contributed by atoms with Crippen molar-refractivity contribution < 1.29 is 17.7 Å². The first-order valence-corrected chi connectivity index (χ1v) is 8.93. The van der Waals surface area contributed by atoms with Crippen molar-refractivity contribution in [1.29, 1.82) is 0 Å². The molecule has 0 unspecified atom stereocenters. The first kappa shape index (κ1) is 18.7. The van der Waals surface area contributed by atoms with Gasteiger partial charge in [0.2, 0.25) is 0 Å². The van der Waals surface area contributed by atoms with Crippen molar-refractivity contribution in [2.45, 2.75) is 33.5 Å². The van der Waals surface area contributed by atoms with Crippen molar-refractivity contribution in [3.63, 3.8) is 0 Å². The van der Waals surface area contributed by atoms with Crippen LogP contribution in [-0.2, 0) is 12.7 Å². The van der Waals surface area contributed by atoms with Crippen molar-refractivity contribution in [2.24, 2.45) is 0 Å². The van der Waals surface area contributed by atoms with Crippen LogP contribution < -0.4 is 4.90 Å². The van der Waals surface area contributed by atoms with Gasteiger partial charge in [-0.1, -0.05) is 5.16 Å². The average molecular weight is 395 g/mol. The van der Waals surface area contributed by atoms with Gasteiger partial charge in [-0.15, -0.1) is 15.3 Å². The third-order valence-electron chi connectivity index (χ3n) is 5.05. The fraction of sp³-hybridized carbons (Fsp3) is 0.529. The van der Waals surface area contributed by atoms with E-state index in [1.165, 1.54) is 0 Å². The number of anilines is 1. The molecule has 0 amide bonds. The van der Waals surface area contributed by atoms with E-state index in [2.05, 4.69) is 25.4 Å². The Labute approximate surface area is 158 Å². The van der Waals surface area contributed by atoms with Gasteiger partial charge in [0.15, 0.2) is 17.2 Å². The van der Waals surface area contributed by atoms with E-state index in [4.69, 9.17) is 4.52 Å². The van der Waals surface area contributed by atoms with E-state index in [1.54, 1.807) is 6.92 Å². The summed E-state index contributed by atoms with van der Waals surface area (Å²) >= 11 is 0. The lowest BCUT2D eigenvalue weighted by atomic mass is 10.1.